The van der Waals surface area contributed by atoms with Gasteiger partial charge < -0.3 is 10.1 Å². The molecule has 0 unspecified atom stereocenters. The number of nitrogens with zero attached hydrogens (tertiary/aromatic N) is 2. The Kier molecular flexibility index (Phi) is 5.95. The zero-order chi connectivity index (χ0) is 23.7. The molecule has 1 aliphatic rings. The summed E-state index contributed by atoms with van der Waals surface area (Å²) >= 11 is 6.36. The average Bonchev–Trinajstić information content (AvgIpc) is 2.83. The quantitative estimate of drug-likeness (QED) is 0.435. The molecule has 5 rings (SSSR count). The van der Waals surface area contributed by atoms with Crippen molar-refractivity contribution in [2.45, 2.75) is 0 Å². The van der Waals surface area contributed by atoms with Crippen LogP contribution in [0.15, 0.2) is 79.0 Å². The van der Waals surface area contributed by atoms with Gasteiger partial charge in [-0.2, -0.15) is 0 Å². The van der Waals surface area contributed by atoms with E-state index >= 15 is 0 Å². The number of carbonyl (C=O) groups excluding carboxylic acids is 1. The predicted molar refractivity (Wildman–Crippen MR) is 134 cm³/mol. The van der Waals surface area contributed by atoms with Gasteiger partial charge in [0.1, 0.15) is 6.73 Å². The van der Waals surface area contributed by atoms with Crippen LogP contribution in [-0.2, 0) is 14.8 Å². The molecular weight excluding hydrogens is 474 g/mol. The van der Waals surface area contributed by atoms with Gasteiger partial charge in [0.2, 0.25) is 10.0 Å². The number of hydrogen-bond donors (Lipinski definition) is 1. The van der Waals surface area contributed by atoms with E-state index in [1.807, 2.05) is 42.5 Å². The van der Waals surface area contributed by atoms with E-state index in [9.17, 15) is 13.2 Å². The largest absolute Gasteiger partial charge is 0.359 e. The lowest BCUT2D eigenvalue weighted by atomic mass is 10.0. The van der Waals surface area contributed by atoms with Crippen LogP contribution < -0.4 is 9.62 Å². The summed E-state index contributed by atoms with van der Waals surface area (Å²) < 4.78 is 31.0. The highest BCUT2D eigenvalue weighted by Gasteiger charge is 2.26. The van der Waals surface area contributed by atoms with Crippen molar-refractivity contribution in [3.05, 3.63) is 89.6 Å². The van der Waals surface area contributed by atoms with Crippen LogP contribution >= 0.6 is 11.6 Å². The lowest BCUT2D eigenvalue weighted by molar-refractivity contribution is 0.102. The van der Waals surface area contributed by atoms with Crippen molar-refractivity contribution in [1.29, 1.82) is 0 Å². The first-order valence-corrected chi connectivity index (χ1v) is 12.5. The number of sulfonamides is 1. The number of carbonyl (C=O) groups is 1. The molecule has 34 heavy (non-hydrogen) atoms. The molecule has 4 aromatic rings. The first kappa shape index (κ1) is 22.3. The van der Waals surface area contributed by atoms with Crippen molar-refractivity contribution in [3.63, 3.8) is 0 Å². The number of benzene rings is 3. The molecule has 1 aromatic heterocycles. The molecule has 0 bridgehead atoms. The number of ether oxygens (including phenoxy) is 1. The molecule has 7 nitrogen and oxygen atoms in total. The molecule has 1 aliphatic heterocycles. The Hall–Kier alpha value is -3.46. The molecule has 9 heteroatoms. The highest BCUT2D eigenvalue weighted by Crippen LogP contribution is 2.31. The Morgan fingerprint density at radius 3 is 2.62 bits per heavy atom. The van der Waals surface area contributed by atoms with E-state index in [1.54, 1.807) is 36.5 Å². The van der Waals surface area contributed by atoms with Crippen molar-refractivity contribution in [2.75, 3.05) is 28.7 Å². The minimum absolute atomic E-state index is 0.0403. The van der Waals surface area contributed by atoms with Crippen molar-refractivity contribution >= 4 is 49.7 Å². The molecule has 2 heterocycles. The van der Waals surface area contributed by atoms with E-state index in [0.29, 0.717) is 22.0 Å². The smallest absolute Gasteiger partial charge is 0.255 e. The molecule has 1 N–H and O–H groups in total. The van der Waals surface area contributed by atoms with Crippen molar-refractivity contribution in [2.24, 2.45) is 0 Å². The summed E-state index contributed by atoms with van der Waals surface area (Å²) in [6.45, 7) is 0.136. The SMILES string of the molecule is O=C(Nc1cc(Cl)cc(-c2nccc3ccccc23)c1)c1ccc(N2COCCS2(=O)=O)cc1. The summed E-state index contributed by atoms with van der Waals surface area (Å²) in [7, 11) is -3.42. The second kappa shape index (κ2) is 9.06. The molecule has 0 aliphatic carbocycles. The van der Waals surface area contributed by atoms with Crippen molar-refractivity contribution < 1.29 is 17.9 Å². The summed E-state index contributed by atoms with van der Waals surface area (Å²) in [5, 5.41) is 5.37. The topological polar surface area (TPSA) is 88.6 Å². The van der Waals surface area contributed by atoms with Crippen LogP contribution in [0.5, 0.6) is 0 Å². The number of fused-ring (bicyclic) bond motifs is 1. The minimum atomic E-state index is -3.42. The van der Waals surface area contributed by atoms with E-state index in [0.717, 1.165) is 22.0 Å². The summed E-state index contributed by atoms with van der Waals surface area (Å²) in [6, 6.07) is 21.5. The predicted octanol–water partition coefficient (Wildman–Crippen LogP) is 4.93. The second-order valence-corrected chi connectivity index (χ2v) is 10.3. The molecule has 3 aromatic carbocycles. The Morgan fingerprint density at radius 1 is 1.03 bits per heavy atom. The highest BCUT2D eigenvalue weighted by molar-refractivity contribution is 7.92. The summed E-state index contributed by atoms with van der Waals surface area (Å²) in [5.41, 5.74) is 2.90. The van der Waals surface area contributed by atoms with Crippen LogP contribution in [0.2, 0.25) is 5.02 Å². The third-order valence-electron chi connectivity index (χ3n) is 5.55. The zero-order valence-corrected chi connectivity index (χ0v) is 19.5. The fourth-order valence-corrected chi connectivity index (χ4v) is 5.33. The van der Waals surface area contributed by atoms with Gasteiger partial charge in [-0.1, -0.05) is 35.9 Å². The lowest BCUT2D eigenvalue weighted by Gasteiger charge is -2.28. The number of amides is 1. The van der Waals surface area contributed by atoms with E-state index < -0.39 is 10.0 Å². The van der Waals surface area contributed by atoms with E-state index in [4.69, 9.17) is 16.3 Å². The molecule has 172 valence electrons. The Bertz CT molecular complexity index is 1480. The molecule has 0 radical (unpaired) electrons. The van der Waals surface area contributed by atoms with E-state index in [2.05, 4.69) is 10.3 Å². The van der Waals surface area contributed by atoms with Gasteiger partial charge in [-0.25, -0.2) is 12.7 Å². The van der Waals surface area contributed by atoms with Crippen LogP contribution in [0.25, 0.3) is 22.0 Å². The number of halogens is 1. The number of hydrogen-bond acceptors (Lipinski definition) is 5. The molecule has 1 saturated heterocycles. The number of nitrogens with one attached hydrogen (secondary N) is 1. The number of pyridine rings is 1. The van der Waals surface area contributed by atoms with Gasteiger partial charge in [-0.05, 0) is 53.9 Å². The van der Waals surface area contributed by atoms with Gasteiger partial charge in [0.05, 0.1) is 23.7 Å². The minimum Gasteiger partial charge on any atom is -0.359 e. The Labute approximate surface area is 202 Å². The maximum absolute atomic E-state index is 12.9. The normalized spacial score (nSPS) is 15.3. The van der Waals surface area contributed by atoms with Gasteiger partial charge >= 0.3 is 0 Å². The third kappa shape index (κ3) is 4.48. The van der Waals surface area contributed by atoms with E-state index in [1.165, 1.54) is 4.31 Å². The van der Waals surface area contributed by atoms with E-state index in [-0.39, 0.29) is 25.0 Å². The fourth-order valence-electron chi connectivity index (χ4n) is 3.87. The van der Waals surface area contributed by atoms with Crippen LogP contribution in [0.3, 0.4) is 0 Å². The summed E-state index contributed by atoms with van der Waals surface area (Å²) in [5.74, 6) is -0.416. The van der Waals surface area contributed by atoms with Crippen LogP contribution in [0.1, 0.15) is 10.4 Å². The molecule has 0 spiro atoms. The lowest BCUT2D eigenvalue weighted by Crippen LogP contribution is -2.41. The number of anilines is 2. The van der Waals surface area contributed by atoms with Crippen LogP contribution in [-0.4, -0.2) is 38.4 Å². The molecular formula is C25H20ClN3O4S. The Balaban J connectivity index is 1.40. The number of aromatic nitrogens is 1. The first-order chi connectivity index (χ1) is 16.4. The first-order valence-electron chi connectivity index (χ1n) is 10.5. The molecule has 0 saturated carbocycles. The van der Waals surface area contributed by atoms with Gasteiger partial charge in [0.25, 0.3) is 5.91 Å². The average molecular weight is 494 g/mol. The van der Waals surface area contributed by atoms with Gasteiger partial charge in [-0.3, -0.25) is 9.78 Å². The maximum Gasteiger partial charge on any atom is 0.255 e. The standard InChI is InChI=1S/C25H20ClN3O4S/c26-20-13-19(24-23-4-2-1-3-17(23)9-10-27-24)14-21(15-20)28-25(30)18-5-7-22(8-6-18)29-16-33-11-12-34(29,31)32/h1-10,13-15H,11-12,16H2,(H,28,30). The molecule has 1 fully saturated rings. The molecule has 1 amide bonds. The van der Waals surface area contributed by atoms with Gasteiger partial charge in [0.15, 0.2) is 0 Å². The summed E-state index contributed by atoms with van der Waals surface area (Å²) in [6.07, 6.45) is 1.74. The Morgan fingerprint density at radius 2 is 1.82 bits per heavy atom. The van der Waals surface area contributed by atoms with Gasteiger partial charge in [-0.15, -0.1) is 0 Å². The number of rotatable bonds is 4. The van der Waals surface area contributed by atoms with Crippen LogP contribution in [0, 0.1) is 0 Å². The monoisotopic (exact) mass is 493 g/mol. The zero-order valence-electron chi connectivity index (χ0n) is 17.9. The highest BCUT2D eigenvalue weighted by atomic mass is 35.5. The maximum atomic E-state index is 12.9. The summed E-state index contributed by atoms with van der Waals surface area (Å²) in [4.78, 5) is 17.4. The second-order valence-electron chi connectivity index (χ2n) is 7.81. The van der Waals surface area contributed by atoms with Crippen molar-refractivity contribution in [3.8, 4) is 11.3 Å². The van der Waals surface area contributed by atoms with Crippen LogP contribution in [0.4, 0.5) is 11.4 Å². The fraction of sp³-hybridized carbons (Fsp3) is 0.120. The third-order valence-corrected chi connectivity index (χ3v) is 7.44. The van der Waals surface area contributed by atoms with Gasteiger partial charge in [0, 0.05) is 33.4 Å². The van der Waals surface area contributed by atoms with Crippen molar-refractivity contribution in [1.82, 2.24) is 4.98 Å². The molecule has 0 atom stereocenters.